The lowest BCUT2D eigenvalue weighted by molar-refractivity contribution is -0.150. The van der Waals surface area contributed by atoms with E-state index in [1.165, 1.54) is 12.1 Å². The molecule has 1 aliphatic heterocycles. The summed E-state index contributed by atoms with van der Waals surface area (Å²) in [5.74, 6) is -1.39. The molecule has 31 heavy (non-hydrogen) atoms. The van der Waals surface area contributed by atoms with E-state index in [-0.39, 0.29) is 16.6 Å². The third kappa shape index (κ3) is 5.05. The zero-order chi connectivity index (χ0) is 22.7. The van der Waals surface area contributed by atoms with Gasteiger partial charge in [0, 0.05) is 11.6 Å². The first-order chi connectivity index (χ1) is 14.7. The molecule has 1 saturated heterocycles. The van der Waals surface area contributed by atoms with Gasteiger partial charge in [0.2, 0.25) is 0 Å². The lowest BCUT2D eigenvalue weighted by atomic mass is 10.0. The van der Waals surface area contributed by atoms with Crippen LogP contribution in [0.2, 0.25) is 0 Å². The van der Waals surface area contributed by atoms with Crippen molar-refractivity contribution in [1.29, 1.82) is 0 Å². The number of carbonyl (C=O) groups is 4. The molecule has 162 valence electrons. The molecule has 0 saturated carbocycles. The fourth-order valence-electron chi connectivity index (χ4n) is 2.89. The number of rotatable bonds is 7. The minimum atomic E-state index is -1.02. The molecule has 1 aromatic heterocycles. The van der Waals surface area contributed by atoms with Crippen molar-refractivity contribution in [2.24, 2.45) is 0 Å². The normalized spacial score (nSPS) is 16.1. The average Bonchev–Trinajstić information content (AvgIpc) is 3.28. The van der Waals surface area contributed by atoms with E-state index in [9.17, 15) is 19.2 Å². The van der Waals surface area contributed by atoms with E-state index < -0.39 is 29.6 Å². The molecule has 3 rings (SSSR count). The summed E-state index contributed by atoms with van der Waals surface area (Å²) in [6, 6.07) is 8.02. The molecular weight excluding hydrogens is 422 g/mol. The maximum Gasteiger partial charge on any atom is 0.335 e. The lowest BCUT2D eigenvalue weighted by Gasteiger charge is -2.14. The second-order valence-electron chi connectivity index (χ2n) is 7.01. The first-order valence-corrected chi connectivity index (χ1v) is 10.4. The Balaban J connectivity index is 1.75. The summed E-state index contributed by atoms with van der Waals surface area (Å²) in [4.78, 5) is 48.7. The van der Waals surface area contributed by atoms with Gasteiger partial charge in [-0.2, -0.15) is 0 Å². The van der Waals surface area contributed by atoms with Crippen molar-refractivity contribution in [3.05, 3.63) is 52.1 Å². The van der Waals surface area contributed by atoms with E-state index in [1.54, 1.807) is 38.1 Å². The predicted molar refractivity (Wildman–Crippen MR) is 114 cm³/mol. The SMILES string of the molecule is CC[C@H](C)OC(=O)CN1C(=O)S/C(=C\c2ccc(-c3ccc(C(=O)O)cc3C)o2)C1=O. The molecule has 9 heteroatoms. The maximum absolute atomic E-state index is 12.6. The summed E-state index contributed by atoms with van der Waals surface area (Å²) in [5, 5.41) is 8.53. The molecule has 0 unspecified atom stereocenters. The molecule has 2 aromatic rings. The molecule has 0 radical (unpaired) electrons. The number of esters is 1. The monoisotopic (exact) mass is 443 g/mol. The van der Waals surface area contributed by atoms with Crippen molar-refractivity contribution in [3.8, 4) is 11.3 Å². The number of aryl methyl sites for hydroxylation is 1. The summed E-state index contributed by atoms with van der Waals surface area (Å²) >= 11 is 0.722. The van der Waals surface area contributed by atoms with Crippen LogP contribution in [0.15, 0.2) is 39.7 Å². The maximum atomic E-state index is 12.6. The minimum Gasteiger partial charge on any atom is -0.478 e. The van der Waals surface area contributed by atoms with E-state index >= 15 is 0 Å². The number of thioether (sulfide) groups is 1. The first-order valence-electron chi connectivity index (χ1n) is 9.58. The van der Waals surface area contributed by atoms with Crippen molar-refractivity contribution in [1.82, 2.24) is 4.90 Å². The fourth-order valence-corrected chi connectivity index (χ4v) is 3.71. The van der Waals surface area contributed by atoms with E-state index in [4.69, 9.17) is 14.3 Å². The Morgan fingerprint density at radius 3 is 2.65 bits per heavy atom. The van der Waals surface area contributed by atoms with Crippen LogP contribution in [0.25, 0.3) is 17.4 Å². The number of benzene rings is 1. The Bertz CT molecular complexity index is 1090. The highest BCUT2D eigenvalue weighted by Crippen LogP contribution is 2.34. The Hall–Kier alpha value is -3.33. The number of ether oxygens (including phenoxy) is 1. The van der Waals surface area contributed by atoms with E-state index in [1.807, 2.05) is 6.92 Å². The molecule has 1 aromatic carbocycles. The van der Waals surface area contributed by atoms with E-state index in [0.29, 0.717) is 23.5 Å². The summed E-state index contributed by atoms with van der Waals surface area (Å²) in [6.45, 7) is 4.93. The fraction of sp³-hybridized carbons (Fsp3) is 0.273. The van der Waals surface area contributed by atoms with Crippen LogP contribution < -0.4 is 0 Å². The third-order valence-corrected chi connectivity index (χ3v) is 5.61. The van der Waals surface area contributed by atoms with Crippen molar-refractivity contribution in [2.45, 2.75) is 33.3 Å². The molecule has 8 nitrogen and oxygen atoms in total. The van der Waals surface area contributed by atoms with Gasteiger partial charge in [-0.15, -0.1) is 0 Å². The van der Waals surface area contributed by atoms with Crippen molar-refractivity contribution in [3.63, 3.8) is 0 Å². The Morgan fingerprint density at radius 1 is 1.26 bits per heavy atom. The van der Waals surface area contributed by atoms with Crippen molar-refractivity contribution in [2.75, 3.05) is 6.54 Å². The van der Waals surface area contributed by atoms with Gasteiger partial charge in [0.15, 0.2) is 0 Å². The van der Waals surface area contributed by atoms with Gasteiger partial charge in [-0.1, -0.05) is 13.0 Å². The van der Waals surface area contributed by atoms with Crippen LogP contribution in [0.3, 0.4) is 0 Å². The van der Waals surface area contributed by atoms with Gasteiger partial charge in [-0.05, 0) is 61.9 Å². The largest absolute Gasteiger partial charge is 0.478 e. The lowest BCUT2D eigenvalue weighted by Crippen LogP contribution is -2.35. The number of furan rings is 1. The molecule has 0 spiro atoms. The van der Waals surface area contributed by atoms with Gasteiger partial charge in [0.1, 0.15) is 18.1 Å². The number of carboxylic acids is 1. The Morgan fingerprint density at radius 2 is 2.00 bits per heavy atom. The summed E-state index contributed by atoms with van der Waals surface area (Å²) in [5.41, 5.74) is 1.61. The van der Waals surface area contributed by atoms with Gasteiger partial charge in [0.25, 0.3) is 11.1 Å². The number of hydrogen-bond donors (Lipinski definition) is 1. The highest BCUT2D eigenvalue weighted by Gasteiger charge is 2.37. The van der Waals surface area contributed by atoms with E-state index in [2.05, 4.69) is 0 Å². The zero-order valence-electron chi connectivity index (χ0n) is 17.2. The van der Waals surface area contributed by atoms with Crippen LogP contribution in [0, 0.1) is 6.92 Å². The molecule has 1 N–H and O–H groups in total. The number of nitrogens with zero attached hydrogens (tertiary/aromatic N) is 1. The molecular formula is C22H21NO7S. The Kier molecular flexibility index (Phi) is 6.65. The van der Waals surface area contributed by atoms with Crippen LogP contribution in [0.1, 0.15) is 41.9 Å². The number of carbonyl (C=O) groups excluding carboxylic acids is 3. The van der Waals surface area contributed by atoms with Gasteiger partial charge < -0.3 is 14.3 Å². The second-order valence-corrected chi connectivity index (χ2v) is 8.01. The standard InChI is InChI=1S/C22H21NO7S/c1-4-13(3)29-19(24)11-23-20(25)18(31-22(23)28)10-15-6-8-17(30-15)16-7-5-14(21(26)27)9-12(16)2/h5-10,13H,4,11H2,1-3H3,(H,26,27)/b18-10-/t13-/m0/s1. The molecule has 1 aliphatic rings. The second kappa shape index (κ2) is 9.22. The van der Waals surface area contributed by atoms with Crippen molar-refractivity contribution < 1.29 is 33.4 Å². The Labute approximate surface area is 182 Å². The molecule has 1 fully saturated rings. The summed E-state index contributed by atoms with van der Waals surface area (Å²) in [6.07, 6.45) is 1.78. The van der Waals surface area contributed by atoms with Crippen LogP contribution >= 0.6 is 11.8 Å². The van der Waals surface area contributed by atoms with Gasteiger partial charge in [-0.3, -0.25) is 19.3 Å². The molecule has 2 heterocycles. The third-order valence-electron chi connectivity index (χ3n) is 4.71. The van der Waals surface area contributed by atoms with Crippen LogP contribution in [-0.2, 0) is 14.3 Å². The van der Waals surface area contributed by atoms with Crippen LogP contribution in [0.5, 0.6) is 0 Å². The van der Waals surface area contributed by atoms with Crippen molar-refractivity contribution >= 4 is 40.9 Å². The van der Waals surface area contributed by atoms with Gasteiger partial charge in [-0.25, -0.2) is 4.79 Å². The summed E-state index contributed by atoms with van der Waals surface area (Å²) in [7, 11) is 0. The topological polar surface area (TPSA) is 114 Å². The average molecular weight is 443 g/mol. The zero-order valence-corrected chi connectivity index (χ0v) is 18.0. The minimum absolute atomic E-state index is 0.139. The molecule has 2 amide bonds. The van der Waals surface area contributed by atoms with E-state index in [0.717, 1.165) is 22.2 Å². The highest BCUT2D eigenvalue weighted by molar-refractivity contribution is 8.18. The highest BCUT2D eigenvalue weighted by atomic mass is 32.2. The quantitative estimate of drug-likeness (QED) is 0.497. The number of aromatic carboxylic acids is 1. The van der Waals surface area contributed by atoms with Gasteiger partial charge >= 0.3 is 11.9 Å². The smallest absolute Gasteiger partial charge is 0.335 e. The molecule has 0 bridgehead atoms. The van der Waals surface area contributed by atoms with Crippen LogP contribution in [-0.4, -0.2) is 45.7 Å². The predicted octanol–water partition coefficient (Wildman–Crippen LogP) is 4.33. The van der Waals surface area contributed by atoms with Crippen LogP contribution in [0.4, 0.5) is 4.79 Å². The number of imide groups is 1. The number of amides is 2. The molecule has 0 aliphatic carbocycles. The number of hydrogen-bond acceptors (Lipinski definition) is 7. The van der Waals surface area contributed by atoms with Gasteiger partial charge in [0.05, 0.1) is 16.6 Å². The first kappa shape index (κ1) is 22.4. The summed E-state index contributed by atoms with van der Waals surface area (Å²) < 4.78 is 10.9. The molecule has 1 atom stereocenters. The number of carboxylic acid groups (broad SMARTS) is 1.